The molecular weight excluding hydrogens is 389 g/mol. The van der Waals surface area contributed by atoms with Gasteiger partial charge in [-0.2, -0.15) is 0 Å². The molecule has 26 heavy (non-hydrogen) atoms. The van der Waals surface area contributed by atoms with Crippen molar-refractivity contribution in [3.8, 4) is 5.75 Å². The molecule has 0 atom stereocenters. The fraction of sp³-hybridized carbons (Fsp3) is 0.316. The first-order valence-electron chi connectivity index (χ1n) is 8.38. The van der Waals surface area contributed by atoms with Crippen molar-refractivity contribution in [3.63, 3.8) is 0 Å². The fourth-order valence-corrected chi connectivity index (χ4v) is 3.68. The number of anilines is 2. The van der Waals surface area contributed by atoms with Crippen LogP contribution in [0.4, 0.5) is 11.4 Å². The lowest BCUT2D eigenvalue weighted by Gasteiger charge is -2.38. The molecular formula is C19H21Cl2N3OS. The maximum Gasteiger partial charge on any atom is 0.173 e. The summed E-state index contributed by atoms with van der Waals surface area (Å²) in [6.45, 7) is 5.54. The first kappa shape index (κ1) is 19.1. The van der Waals surface area contributed by atoms with Crippen molar-refractivity contribution >= 4 is 51.9 Å². The van der Waals surface area contributed by atoms with E-state index in [2.05, 4.69) is 28.1 Å². The van der Waals surface area contributed by atoms with E-state index in [9.17, 15) is 0 Å². The number of hydrogen-bond donors (Lipinski definition) is 1. The number of nitrogens with zero attached hydrogens (tertiary/aromatic N) is 2. The van der Waals surface area contributed by atoms with Crippen LogP contribution in [0.2, 0.25) is 10.0 Å². The van der Waals surface area contributed by atoms with Crippen molar-refractivity contribution in [3.05, 3.63) is 52.0 Å². The molecule has 1 saturated heterocycles. The number of piperazine rings is 1. The van der Waals surface area contributed by atoms with Crippen LogP contribution in [0, 0.1) is 6.92 Å². The SMILES string of the molecule is COc1ccc(Cl)cc1NC(=S)N1CCN(c2cc(Cl)ccc2C)CC1. The molecule has 2 aromatic rings. The Morgan fingerprint density at radius 3 is 2.38 bits per heavy atom. The summed E-state index contributed by atoms with van der Waals surface area (Å²) in [6, 6.07) is 11.4. The minimum atomic E-state index is 0.636. The van der Waals surface area contributed by atoms with E-state index in [1.165, 1.54) is 11.3 Å². The van der Waals surface area contributed by atoms with E-state index < -0.39 is 0 Å². The Kier molecular flexibility index (Phi) is 6.12. The zero-order valence-corrected chi connectivity index (χ0v) is 17.1. The molecule has 0 bridgehead atoms. The molecule has 0 spiro atoms. The number of ether oxygens (including phenoxy) is 1. The Labute approximate surface area is 169 Å². The van der Waals surface area contributed by atoms with Gasteiger partial charge in [-0.05, 0) is 55.0 Å². The minimum Gasteiger partial charge on any atom is -0.495 e. The van der Waals surface area contributed by atoms with Gasteiger partial charge < -0.3 is 19.9 Å². The number of benzene rings is 2. The highest BCUT2D eigenvalue weighted by Crippen LogP contribution is 2.29. The Bertz CT molecular complexity index is 807. The van der Waals surface area contributed by atoms with E-state index >= 15 is 0 Å². The monoisotopic (exact) mass is 409 g/mol. The number of nitrogens with one attached hydrogen (secondary N) is 1. The maximum absolute atomic E-state index is 6.16. The van der Waals surface area contributed by atoms with Crippen molar-refractivity contribution < 1.29 is 4.74 Å². The third kappa shape index (κ3) is 4.34. The summed E-state index contributed by atoms with van der Waals surface area (Å²) in [6.07, 6.45) is 0. The van der Waals surface area contributed by atoms with Crippen LogP contribution < -0.4 is 15.0 Å². The molecule has 7 heteroatoms. The summed E-state index contributed by atoms with van der Waals surface area (Å²) in [4.78, 5) is 4.51. The lowest BCUT2D eigenvalue weighted by atomic mass is 10.1. The maximum atomic E-state index is 6.16. The summed E-state index contributed by atoms with van der Waals surface area (Å²) in [5.74, 6) is 0.713. The summed E-state index contributed by atoms with van der Waals surface area (Å²) in [5, 5.41) is 5.33. The molecule has 0 amide bonds. The number of methoxy groups -OCH3 is 1. The summed E-state index contributed by atoms with van der Waals surface area (Å²) in [5.41, 5.74) is 3.19. The van der Waals surface area contributed by atoms with Crippen molar-refractivity contribution in [2.75, 3.05) is 43.5 Å². The van der Waals surface area contributed by atoms with Crippen LogP contribution in [0.1, 0.15) is 5.56 Å². The quantitative estimate of drug-likeness (QED) is 0.732. The normalized spacial score (nSPS) is 14.3. The average molecular weight is 410 g/mol. The molecule has 0 aliphatic carbocycles. The lowest BCUT2D eigenvalue weighted by Crippen LogP contribution is -2.50. The third-order valence-electron chi connectivity index (χ3n) is 4.48. The van der Waals surface area contributed by atoms with Crippen molar-refractivity contribution in [2.24, 2.45) is 0 Å². The van der Waals surface area contributed by atoms with Gasteiger partial charge in [0.15, 0.2) is 5.11 Å². The summed E-state index contributed by atoms with van der Waals surface area (Å²) >= 11 is 17.8. The largest absolute Gasteiger partial charge is 0.495 e. The highest BCUT2D eigenvalue weighted by atomic mass is 35.5. The van der Waals surface area contributed by atoms with E-state index in [1.807, 2.05) is 24.3 Å². The average Bonchev–Trinajstić information content (AvgIpc) is 2.64. The smallest absolute Gasteiger partial charge is 0.173 e. The van der Waals surface area contributed by atoms with Gasteiger partial charge in [0.2, 0.25) is 0 Å². The zero-order chi connectivity index (χ0) is 18.7. The fourth-order valence-electron chi connectivity index (χ4n) is 3.05. The molecule has 138 valence electrons. The molecule has 1 aliphatic heterocycles. The van der Waals surface area contributed by atoms with Gasteiger partial charge in [0.1, 0.15) is 5.75 Å². The van der Waals surface area contributed by atoms with Gasteiger partial charge in [0, 0.05) is 41.9 Å². The van der Waals surface area contributed by atoms with Gasteiger partial charge in [-0.3, -0.25) is 0 Å². The topological polar surface area (TPSA) is 27.7 Å². The van der Waals surface area contributed by atoms with Crippen molar-refractivity contribution in [1.82, 2.24) is 4.90 Å². The molecule has 1 N–H and O–H groups in total. The number of hydrogen-bond acceptors (Lipinski definition) is 3. The zero-order valence-electron chi connectivity index (χ0n) is 14.8. The van der Waals surface area contributed by atoms with Gasteiger partial charge >= 0.3 is 0 Å². The van der Waals surface area contributed by atoms with E-state index in [1.54, 1.807) is 13.2 Å². The van der Waals surface area contributed by atoms with Crippen LogP contribution in [-0.4, -0.2) is 43.3 Å². The van der Waals surface area contributed by atoms with E-state index in [0.29, 0.717) is 15.9 Å². The van der Waals surface area contributed by atoms with E-state index in [-0.39, 0.29) is 0 Å². The number of aryl methyl sites for hydroxylation is 1. The van der Waals surface area contributed by atoms with Crippen molar-refractivity contribution in [2.45, 2.75) is 6.92 Å². The Morgan fingerprint density at radius 1 is 1.04 bits per heavy atom. The molecule has 1 fully saturated rings. The summed E-state index contributed by atoms with van der Waals surface area (Å²) < 4.78 is 5.37. The molecule has 0 unspecified atom stereocenters. The van der Waals surface area contributed by atoms with Crippen molar-refractivity contribution in [1.29, 1.82) is 0 Å². The standard InChI is InChI=1S/C19H21Cl2N3OS/c1-13-3-4-15(21)12-17(13)23-7-9-24(10-8-23)19(26)22-16-11-14(20)5-6-18(16)25-2/h3-6,11-12H,7-10H2,1-2H3,(H,22,26). The second-order valence-electron chi connectivity index (χ2n) is 6.18. The molecule has 0 radical (unpaired) electrons. The molecule has 1 heterocycles. The van der Waals surface area contributed by atoms with Gasteiger partial charge in [-0.25, -0.2) is 0 Å². The van der Waals surface area contributed by atoms with Gasteiger partial charge in [-0.1, -0.05) is 29.3 Å². The third-order valence-corrected chi connectivity index (χ3v) is 5.31. The number of halogens is 2. The highest BCUT2D eigenvalue weighted by Gasteiger charge is 2.21. The van der Waals surface area contributed by atoms with Crippen LogP contribution >= 0.6 is 35.4 Å². The molecule has 0 saturated carbocycles. The first-order chi connectivity index (χ1) is 12.5. The Balaban J connectivity index is 1.64. The van der Waals surface area contributed by atoms with Gasteiger partial charge in [0.25, 0.3) is 0 Å². The molecule has 4 nitrogen and oxygen atoms in total. The predicted octanol–water partition coefficient (Wildman–Crippen LogP) is 4.83. The van der Waals surface area contributed by atoms with Crippen LogP contribution in [-0.2, 0) is 0 Å². The second kappa shape index (κ2) is 8.33. The Hall–Kier alpha value is -1.69. The van der Waals surface area contributed by atoms with Gasteiger partial charge in [-0.15, -0.1) is 0 Å². The molecule has 0 aromatic heterocycles. The lowest BCUT2D eigenvalue weighted by molar-refractivity contribution is 0.390. The van der Waals surface area contributed by atoms with E-state index in [0.717, 1.165) is 36.9 Å². The molecule has 3 rings (SSSR count). The Morgan fingerprint density at radius 2 is 1.69 bits per heavy atom. The van der Waals surface area contributed by atoms with Crippen LogP contribution in [0.15, 0.2) is 36.4 Å². The first-order valence-corrected chi connectivity index (χ1v) is 9.55. The summed E-state index contributed by atoms with van der Waals surface area (Å²) in [7, 11) is 1.63. The minimum absolute atomic E-state index is 0.636. The highest BCUT2D eigenvalue weighted by molar-refractivity contribution is 7.80. The predicted molar refractivity (Wildman–Crippen MR) is 114 cm³/mol. The van der Waals surface area contributed by atoms with Crippen LogP contribution in [0.25, 0.3) is 0 Å². The van der Waals surface area contributed by atoms with Gasteiger partial charge in [0.05, 0.1) is 12.8 Å². The second-order valence-corrected chi connectivity index (χ2v) is 7.44. The number of thiocarbonyl (C=S) groups is 1. The molecule has 1 aliphatic rings. The van der Waals surface area contributed by atoms with Crippen LogP contribution in [0.3, 0.4) is 0 Å². The molecule has 2 aromatic carbocycles. The number of rotatable bonds is 3. The van der Waals surface area contributed by atoms with Crippen LogP contribution in [0.5, 0.6) is 5.75 Å². The van der Waals surface area contributed by atoms with E-state index in [4.69, 9.17) is 40.2 Å².